The number of aryl methyl sites for hydroxylation is 2. The smallest absolute Gasteiger partial charge is 0.310 e. The Morgan fingerprint density at radius 3 is 2.42 bits per heavy atom. The first-order valence-corrected chi connectivity index (χ1v) is 8.26. The van der Waals surface area contributed by atoms with Crippen LogP contribution in [0.15, 0.2) is 30.3 Å². The monoisotopic (exact) mass is 352 g/mol. The van der Waals surface area contributed by atoms with Crippen molar-refractivity contribution in [1.29, 1.82) is 0 Å². The molecule has 0 radical (unpaired) electrons. The van der Waals surface area contributed by atoms with Gasteiger partial charge in [0.25, 0.3) is 5.69 Å². The third-order valence-electron chi connectivity index (χ3n) is 4.64. The number of aromatic amines is 1. The molecule has 1 N–H and O–H groups in total. The van der Waals surface area contributed by atoms with Gasteiger partial charge in [-0.2, -0.15) is 0 Å². The quantitative estimate of drug-likeness (QED) is 0.429. The molecule has 6 heteroatoms. The molecule has 1 heterocycles. The van der Waals surface area contributed by atoms with Crippen LogP contribution in [0.2, 0.25) is 0 Å². The number of ether oxygens (including phenoxy) is 1. The maximum Gasteiger partial charge on any atom is 0.310 e. The number of fused-ring (bicyclic) bond motifs is 1. The van der Waals surface area contributed by atoms with Gasteiger partial charge in [-0.3, -0.25) is 14.9 Å². The number of carbonyl (C=O) groups is 1. The molecule has 0 aliphatic carbocycles. The van der Waals surface area contributed by atoms with Crippen molar-refractivity contribution >= 4 is 22.6 Å². The van der Waals surface area contributed by atoms with Crippen LogP contribution < -0.4 is 0 Å². The van der Waals surface area contributed by atoms with E-state index in [9.17, 15) is 14.9 Å². The highest BCUT2D eigenvalue weighted by molar-refractivity contribution is 6.04. The van der Waals surface area contributed by atoms with Gasteiger partial charge in [0.05, 0.1) is 18.5 Å². The van der Waals surface area contributed by atoms with Gasteiger partial charge >= 0.3 is 5.97 Å². The van der Waals surface area contributed by atoms with Gasteiger partial charge in [0.2, 0.25) is 0 Å². The third kappa shape index (κ3) is 2.94. The second-order valence-corrected chi connectivity index (χ2v) is 6.44. The van der Waals surface area contributed by atoms with Crippen LogP contribution in [0.4, 0.5) is 5.69 Å². The molecule has 0 saturated heterocycles. The number of nitro benzene ring substituents is 1. The molecule has 134 valence electrons. The molecule has 0 bridgehead atoms. The zero-order valence-electron chi connectivity index (χ0n) is 15.2. The zero-order valence-corrected chi connectivity index (χ0v) is 15.2. The lowest BCUT2D eigenvalue weighted by atomic mass is 9.89. The van der Waals surface area contributed by atoms with Crippen LogP contribution in [0.25, 0.3) is 22.0 Å². The average Bonchev–Trinajstić information content (AvgIpc) is 2.96. The fourth-order valence-electron chi connectivity index (χ4n) is 3.37. The normalized spacial score (nSPS) is 10.9. The van der Waals surface area contributed by atoms with Gasteiger partial charge in [0.15, 0.2) is 0 Å². The Kier molecular flexibility index (Phi) is 4.50. The van der Waals surface area contributed by atoms with E-state index in [-0.39, 0.29) is 12.1 Å². The summed E-state index contributed by atoms with van der Waals surface area (Å²) in [4.78, 5) is 26.4. The number of nitrogens with zero attached hydrogens (tertiary/aromatic N) is 1. The van der Waals surface area contributed by atoms with Crippen LogP contribution in [0.5, 0.6) is 0 Å². The van der Waals surface area contributed by atoms with Gasteiger partial charge in [-0.25, -0.2) is 0 Å². The summed E-state index contributed by atoms with van der Waals surface area (Å²) in [5.74, 6) is -0.428. The molecule has 3 aromatic rings. The largest absolute Gasteiger partial charge is 0.469 e. The minimum absolute atomic E-state index is 0.00265. The first-order valence-electron chi connectivity index (χ1n) is 8.26. The maximum absolute atomic E-state index is 12.0. The van der Waals surface area contributed by atoms with Gasteiger partial charge in [-0.15, -0.1) is 0 Å². The van der Waals surface area contributed by atoms with Crippen LogP contribution >= 0.6 is 0 Å². The van der Waals surface area contributed by atoms with E-state index in [4.69, 9.17) is 4.74 Å². The van der Waals surface area contributed by atoms with Crippen molar-refractivity contribution in [2.24, 2.45) is 0 Å². The number of esters is 1. The Morgan fingerprint density at radius 2 is 1.85 bits per heavy atom. The van der Waals surface area contributed by atoms with Crippen molar-refractivity contribution in [1.82, 2.24) is 4.98 Å². The first-order chi connectivity index (χ1) is 12.3. The summed E-state index contributed by atoms with van der Waals surface area (Å²) >= 11 is 0. The lowest BCUT2D eigenvalue weighted by Crippen LogP contribution is -2.09. The number of aromatic nitrogens is 1. The van der Waals surface area contributed by atoms with E-state index in [0.717, 1.165) is 27.8 Å². The molecule has 2 aromatic carbocycles. The molecule has 6 nitrogen and oxygen atoms in total. The number of hydrogen-bond acceptors (Lipinski definition) is 4. The Hall–Kier alpha value is -3.15. The molecule has 26 heavy (non-hydrogen) atoms. The third-order valence-corrected chi connectivity index (χ3v) is 4.64. The van der Waals surface area contributed by atoms with Crippen LogP contribution in [0, 0.1) is 30.9 Å². The molecule has 0 fully saturated rings. The van der Waals surface area contributed by atoms with Gasteiger partial charge in [0.1, 0.15) is 5.52 Å². The van der Waals surface area contributed by atoms with E-state index in [2.05, 4.69) is 4.98 Å². The highest BCUT2D eigenvalue weighted by Crippen LogP contribution is 2.41. The number of nitro groups is 1. The summed E-state index contributed by atoms with van der Waals surface area (Å²) in [6.07, 6.45) is -0.0213. The summed E-state index contributed by atoms with van der Waals surface area (Å²) in [5.41, 5.74) is 5.27. The van der Waals surface area contributed by atoms with Gasteiger partial charge < -0.3 is 9.72 Å². The van der Waals surface area contributed by atoms with E-state index in [1.54, 1.807) is 6.92 Å². The second-order valence-electron chi connectivity index (χ2n) is 6.44. The van der Waals surface area contributed by atoms with Crippen molar-refractivity contribution in [3.05, 3.63) is 62.8 Å². The summed E-state index contributed by atoms with van der Waals surface area (Å²) in [7, 11) is 1.32. The first kappa shape index (κ1) is 17.7. The van der Waals surface area contributed by atoms with Gasteiger partial charge in [-0.1, -0.05) is 29.8 Å². The molecule has 0 aliphatic heterocycles. The lowest BCUT2D eigenvalue weighted by Gasteiger charge is -2.15. The predicted molar refractivity (Wildman–Crippen MR) is 100 cm³/mol. The standard InChI is InChI=1S/C20H20N2O4/c1-11-5-7-14(8-6-11)18-15(10-17(23)26-4)13(3)20(22(24)25)19-16(18)9-12(2)21-19/h5-9,21H,10H2,1-4H3. The molecular formula is C20H20N2O4. The molecule has 3 rings (SSSR count). The topological polar surface area (TPSA) is 85.2 Å². The maximum atomic E-state index is 12.0. The van der Waals surface area contributed by atoms with E-state index in [1.807, 2.05) is 44.2 Å². The van der Waals surface area contributed by atoms with Crippen molar-refractivity contribution in [2.45, 2.75) is 27.2 Å². The number of nitrogens with one attached hydrogen (secondary N) is 1. The predicted octanol–water partition coefficient (Wildman–Crippen LogP) is 4.38. The van der Waals surface area contributed by atoms with E-state index < -0.39 is 10.9 Å². The highest BCUT2D eigenvalue weighted by atomic mass is 16.6. The molecular weight excluding hydrogens is 332 g/mol. The number of H-pyrrole nitrogens is 1. The SMILES string of the molecule is COC(=O)Cc1c(C)c([N+](=O)[O-])c2[nH]c(C)cc2c1-c1ccc(C)cc1. The Bertz CT molecular complexity index is 1020. The molecule has 0 unspecified atom stereocenters. The van der Waals surface area contributed by atoms with E-state index in [1.165, 1.54) is 7.11 Å². The number of carbonyl (C=O) groups excluding carboxylic acids is 1. The number of rotatable bonds is 4. The summed E-state index contributed by atoms with van der Waals surface area (Å²) in [6, 6.07) is 9.80. The van der Waals surface area contributed by atoms with E-state index in [0.29, 0.717) is 16.6 Å². The molecule has 0 saturated carbocycles. The summed E-state index contributed by atoms with van der Waals surface area (Å²) in [6.45, 7) is 5.54. The second kappa shape index (κ2) is 6.63. The van der Waals surface area contributed by atoms with Crippen LogP contribution in [0.1, 0.15) is 22.4 Å². The zero-order chi connectivity index (χ0) is 19.0. The fraction of sp³-hybridized carbons (Fsp3) is 0.250. The summed E-state index contributed by atoms with van der Waals surface area (Å²) in [5, 5.41) is 12.5. The molecule has 0 atom stereocenters. The van der Waals surface area contributed by atoms with E-state index >= 15 is 0 Å². The van der Waals surface area contributed by atoms with Crippen LogP contribution in [-0.2, 0) is 16.0 Å². The molecule has 0 aliphatic rings. The minimum atomic E-state index is -0.428. The molecule has 1 aromatic heterocycles. The van der Waals surface area contributed by atoms with Crippen molar-refractivity contribution < 1.29 is 14.5 Å². The summed E-state index contributed by atoms with van der Waals surface area (Å²) < 4.78 is 4.82. The van der Waals surface area contributed by atoms with Gasteiger partial charge in [0, 0.05) is 16.6 Å². The Labute approximate surface area is 150 Å². The average molecular weight is 352 g/mol. The van der Waals surface area contributed by atoms with Crippen molar-refractivity contribution in [2.75, 3.05) is 7.11 Å². The van der Waals surface area contributed by atoms with Gasteiger partial charge in [-0.05, 0) is 43.5 Å². The molecule has 0 spiro atoms. The number of benzene rings is 2. The van der Waals surface area contributed by atoms with Crippen molar-refractivity contribution in [3.8, 4) is 11.1 Å². The fourth-order valence-corrected chi connectivity index (χ4v) is 3.37. The minimum Gasteiger partial charge on any atom is -0.469 e. The van der Waals surface area contributed by atoms with Crippen LogP contribution in [0.3, 0.4) is 0 Å². The number of hydrogen-bond donors (Lipinski definition) is 1. The highest BCUT2D eigenvalue weighted by Gasteiger charge is 2.27. The number of methoxy groups -OCH3 is 1. The van der Waals surface area contributed by atoms with Crippen LogP contribution in [-0.4, -0.2) is 23.0 Å². The Balaban J connectivity index is 2.44. The Morgan fingerprint density at radius 1 is 1.19 bits per heavy atom. The lowest BCUT2D eigenvalue weighted by molar-refractivity contribution is -0.383. The molecule has 0 amide bonds. The van der Waals surface area contributed by atoms with Crippen molar-refractivity contribution in [3.63, 3.8) is 0 Å².